The normalized spacial score (nSPS) is 18.0. The summed E-state index contributed by atoms with van der Waals surface area (Å²) in [6.45, 7) is 5.80. The van der Waals surface area contributed by atoms with Gasteiger partial charge in [-0.05, 0) is 18.6 Å². The van der Waals surface area contributed by atoms with Gasteiger partial charge >= 0.3 is 0 Å². The van der Waals surface area contributed by atoms with E-state index in [1.807, 2.05) is 4.90 Å². The first-order valence-electron chi connectivity index (χ1n) is 9.89. The summed E-state index contributed by atoms with van der Waals surface area (Å²) in [5, 5.41) is 2.92. The molecule has 2 heterocycles. The highest BCUT2D eigenvalue weighted by molar-refractivity contribution is 7.89. The number of benzene rings is 1. The molecule has 1 saturated heterocycles. The maximum Gasteiger partial charge on any atom is 0.243 e. The van der Waals surface area contributed by atoms with Crippen molar-refractivity contribution >= 4 is 15.9 Å². The molecule has 0 aromatic heterocycles. The Morgan fingerprint density at radius 1 is 1.07 bits per heavy atom. The van der Waals surface area contributed by atoms with Gasteiger partial charge in [-0.1, -0.05) is 19.8 Å². The molecule has 1 aromatic carbocycles. The molecular formula is C19H29N3O5S. The molecule has 0 aliphatic carbocycles. The maximum absolute atomic E-state index is 12.9. The minimum Gasteiger partial charge on any atom is -0.486 e. The van der Waals surface area contributed by atoms with Crippen LogP contribution in [0, 0.1) is 0 Å². The largest absolute Gasteiger partial charge is 0.486 e. The quantitative estimate of drug-likeness (QED) is 0.644. The fourth-order valence-electron chi connectivity index (χ4n) is 3.32. The predicted octanol–water partition coefficient (Wildman–Crippen LogP) is 1.07. The van der Waals surface area contributed by atoms with E-state index >= 15 is 0 Å². The number of hydrogen-bond donors (Lipinski definition) is 1. The van der Waals surface area contributed by atoms with Crippen molar-refractivity contribution in [1.82, 2.24) is 14.5 Å². The smallest absolute Gasteiger partial charge is 0.243 e. The molecule has 1 fully saturated rings. The summed E-state index contributed by atoms with van der Waals surface area (Å²) >= 11 is 0. The van der Waals surface area contributed by atoms with Crippen LogP contribution in [0.25, 0.3) is 0 Å². The van der Waals surface area contributed by atoms with E-state index in [2.05, 4.69) is 12.2 Å². The molecule has 0 atom stereocenters. The van der Waals surface area contributed by atoms with Gasteiger partial charge in [-0.3, -0.25) is 9.69 Å². The van der Waals surface area contributed by atoms with E-state index < -0.39 is 10.0 Å². The third-order valence-corrected chi connectivity index (χ3v) is 6.85. The number of unbranched alkanes of at least 4 members (excludes halogenated alkanes) is 2. The van der Waals surface area contributed by atoms with Crippen LogP contribution in [0.2, 0.25) is 0 Å². The van der Waals surface area contributed by atoms with Gasteiger partial charge in [0.15, 0.2) is 11.5 Å². The molecule has 2 aliphatic rings. The van der Waals surface area contributed by atoms with Gasteiger partial charge in [-0.25, -0.2) is 8.42 Å². The summed E-state index contributed by atoms with van der Waals surface area (Å²) in [6.07, 6.45) is 3.22. The van der Waals surface area contributed by atoms with E-state index in [0.717, 1.165) is 19.3 Å². The summed E-state index contributed by atoms with van der Waals surface area (Å²) in [5.74, 6) is 1.03. The Labute approximate surface area is 166 Å². The minimum absolute atomic E-state index is 0.000698. The van der Waals surface area contributed by atoms with Crippen molar-refractivity contribution in [2.24, 2.45) is 0 Å². The van der Waals surface area contributed by atoms with Gasteiger partial charge < -0.3 is 14.8 Å². The Morgan fingerprint density at radius 2 is 1.79 bits per heavy atom. The number of carbonyl (C=O) groups is 1. The third kappa shape index (κ3) is 5.15. The van der Waals surface area contributed by atoms with Gasteiger partial charge in [0.2, 0.25) is 15.9 Å². The van der Waals surface area contributed by atoms with E-state index in [1.54, 1.807) is 12.1 Å². The second-order valence-corrected chi connectivity index (χ2v) is 8.98. The van der Waals surface area contributed by atoms with Crippen molar-refractivity contribution in [2.45, 2.75) is 31.1 Å². The lowest BCUT2D eigenvalue weighted by molar-refractivity contribution is -0.122. The first kappa shape index (κ1) is 20.9. The average molecular weight is 412 g/mol. The van der Waals surface area contributed by atoms with Crippen molar-refractivity contribution in [3.05, 3.63) is 18.2 Å². The van der Waals surface area contributed by atoms with Gasteiger partial charge in [-0.2, -0.15) is 4.31 Å². The lowest BCUT2D eigenvalue weighted by atomic mass is 10.2. The van der Waals surface area contributed by atoms with E-state index in [9.17, 15) is 13.2 Å². The number of fused-ring (bicyclic) bond motifs is 1. The number of amides is 1. The van der Waals surface area contributed by atoms with Gasteiger partial charge in [0.05, 0.1) is 11.4 Å². The number of hydrogen-bond acceptors (Lipinski definition) is 6. The Morgan fingerprint density at radius 3 is 2.50 bits per heavy atom. The second-order valence-electron chi connectivity index (χ2n) is 7.04. The fraction of sp³-hybridized carbons (Fsp3) is 0.632. The van der Waals surface area contributed by atoms with E-state index in [4.69, 9.17) is 9.47 Å². The molecule has 2 aliphatic heterocycles. The molecule has 8 nitrogen and oxygen atoms in total. The van der Waals surface area contributed by atoms with Gasteiger partial charge in [0, 0.05) is 38.8 Å². The highest BCUT2D eigenvalue weighted by Gasteiger charge is 2.30. The predicted molar refractivity (Wildman–Crippen MR) is 105 cm³/mol. The highest BCUT2D eigenvalue weighted by Crippen LogP contribution is 2.33. The van der Waals surface area contributed by atoms with Crippen LogP contribution in [0.5, 0.6) is 11.5 Å². The van der Waals surface area contributed by atoms with Crippen molar-refractivity contribution in [3.63, 3.8) is 0 Å². The molecule has 0 spiro atoms. The van der Waals surface area contributed by atoms with Crippen molar-refractivity contribution < 1.29 is 22.7 Å². The van der Waals surface area contributed by atoms with Crippen LogP contribution >= 0.6 is 0 Å². The number of sulfonamides is 1. The molecule has 0 saturated carbocycles. The van der Waals surface area contributed by atoms with Gasteiger partial charge in [0.1, 0.15) is 13.2 Å². The van der Waals surface area contributed by atoms with E-state index in [-0.39, 0.29) is 10.8 Å². The van der Waals surface area contributed by atoms with E-state index in [0.29, 0.717) is 64.0 Å². The highest BCUT2D eigenvalue weighted by atomic mass is 32.2. The SMILES string of the molecule is CCCCCNC(=O)CN1CCN(S(=O)(=O)c2ccc3c(c2)OCCO3)CC1. The van der Waals surface area contributed by atoms with Gasteiger partial charge in [0.25, 0.3) is 0 Å². The molecule has 1 N–H and O–H groups in total. The lowest BCUT2D eigenvalue weighted by Gasteiger charge is -2.33. The molecule has 0 unspecified atom stereocenters. The number of nitrogens with one attached hydrogen (secondary N) is 1. The summed E-state index contributed by atoms with van der Waals surface area (Å²) < 4.78 is 38.3. The van der Waals surface area contributed by atoms with Crippen LogP contribution in [0.15, 0.2) is 23.1 Å². The fourth-order valence-corrected chi connectivity index (χ4v) is 4.76. The van der Waals surface area contributed by atoms with Gasteiger partial charge in [-0.15, -0.1) is 0 Å². The summed E-state index contributed by atoms with van der Waals surface area (Å²) in [6, 6.07) is 4.72. The molecule has 1 amide bonds. The molecular weight excluding hydrogens is 382 g/mol. The van der Waals surface area contributed by atoms with Crippen molar-refractivity contribution in [1.29, 1.82) is 0 Å². The molecule has 9 heteroatoms. The number of carbonyl (C=O) groups excluding carboxylic acids is 1. The maximum atomic E-state index is 12.9. The number of rotatable bonds is 8. The molecule has 1 aromatic rings. The zero-order chi connectivity index (χ0) is 20.0. The minimum atomic E-state index is -3.60. The topological polar surface area (TPSA) is 88.2 Å². The van der Waals surface area contributed by atoms with Crippen LogP contribution in [0.4, 0.5) is 0 Å². The summed E-state index contributed by atoms with van der Waals surface area (Å²) in [7, 11) is -3.60. The average Bonchev–Trinajstić information content (AvgIpc) is 2.71. The Bertz CT molecular complexity index is 776. The number of ether oxygens (including phenoxy) is 2. The van der Waals surface area contributed by atoms with Crippen LogP contribution < -0.4 is 14.8 Å². The standard InChI is InChI=1S/C19H29N3O5S/c1-2-3-4-7-20-19(23)15-21-8-10-22(11-9-21)28(24,25)16-5-6-17-18(14-16)27-13-12-26-17/h5-6,14H,2-4,7-13,15H2,1H3,(H,20,23). The van der Waals surface area contributed by atoms with E-state index in [1.165, 1.54) is 10.4 Å². The number of piperazine rings is 1. The monoisotopic (exact) mass is 411 g/mol. The summed E-state index contributed by atoms with van der Waals surface area (Å²) in [5.41, 5.74) is 0. The summed E-state index contributed by atoms with van der Waals surface area (Å²) in [4.78, 5) is 14.2. The number of nitrogens with zero attached hydrogens (tertiary/aromatic N) is 2. The first-order valence-corrected chi connectivity index (χ1v) is 11.3. The Kier molecular flexibility index (Phi) is 7.14. The van der Waals surface area contributed by atoms with Crippen LogP contribution in [-0.4, -0.2) is 76.0 Å². The second kappa shape index (κ2) is 9.58. The molecule has 156 valence electrons. The Hall–Kier alpha value is -1.84. The van der Waals surface area contributed by atoms with Crippen molar-refractivity contribution in [2.75, 3.05) is 52.5 Å². The zero-order valence-corrected chi connectivity index (χ0v) is 17.2. The van der Waals surface area contributed by atoms with Crippen LogP contribution in [-0.2, 0) is 14.8 Å². The zero-order valence-electron chi connectivity index (χ0n) is 16.4. The first-order chi connectivity index (χ1) is 13.5. The molecule has 3 rings (SSSR count). The van der Waals surface area contributed by atoms with Crippen molar-refractivity contribution in [3.8, 4) is 11.5 Å². The molecule has 0 radical (unpaired) electrons. The Balaban J connectivity index is 1.52. The van der Waals surface area contributed by atoms with Crippen LogP contribution in [0.1, 0.15) is 26.2 Å². The molecule has 0 bridgehead atoms. The molecule has 28 heavy (non-hydrogen) atoms. The lowest BCUT2D eigenvalue weighted by Crippen LogP contribution is -2.51. The third-order valence-electron chi connectivity index (χ3n) is 4.95. The van der Waals surface area contributed by atoms with Crippen LogP contribution in [0.3, 0.4) is 0 Å².